The Kier molecular flexibility index (Phi) is 4.31. The van der Waals surface area contributed by atoms with Gasteiger partial charge in [0.1, 0.15) is 0 Å². The van der Waals surface area contributed by atoms with Crippen molar-refractivity contribution in [2.24, 2.45) is 0 Å². The van der Waals surface area contributed by atoms with Crippen LogP contribution in [0.2, 0.25) is 0 Å². The van der Waals surface area contributed by atoms with E-state index < -0.39 is 9.84 Å². The molecule has 7 nitrogen and oxygen atoms in total. The summed E-state index contributed by atoms with van der Waals surface area (Å²) in [6.07, 6.45) is 7.27. The van der Waals surface area contributed by atoms with E-state index in [-0.39, 0.29) is 35.6 Å². The van der Waals surface area contributed by atoms with Crippen molar-refractivity contribution in [1.29, 1.82) is 0 Å². The average Bonchev–Trinajstić information content (AvgIpc) is 3.31. The molecule has 2 aliphatic heterocycles. The van der Waals surface area contributed by atoms with Gasteiger partial charge in [0.25, 0.3) is 5.91 Å². The molecule has 4 aliphatic rings. The highest BCUT2D eigenvalue weighted by Crippen LogP contribution is 2.42. The molecule has 3 heterocycles. The fourth-order valence-corrected chi connectivity index (χ4v) is 6.65. The lowest BCUT2D eigenvalue weighted by Gasteiger charge is -2.43. The molecule has 1 aromatic heterocycles. The van der Waals surface area contributed by atoms with Gasteiger partial charge in [-0.05, 0) is 38.2 Å². The van der Waals surface area contributed by atoms with Gasteiger partial charge in [-0.1, -0.05) is 12.8 Å². The van der Waals surface area contributed by atoms with Gasteiger partial charge in [0, 0.05) is 18.2 Å². The van der Waals surface area contributed by atoms with Gasteiger partial charge >= 0.3 is 0 Å². The van der Waals surface area contributed by atoms with E-state index >= 15 is 0 Å². The third-order valence-corrected chi connectivity index (χ3v) is 8.28. The minimum absolute atomic E-state index is 0.0169. The fraction of sp³-hybridized carbons (Fsp3) is 0.789. The molecule has 0 aromatic carbocycles. The maximum atomic E-state index is 13.3. The highest BCUT2D eigenvalue weighted by molar-refractivity contribution is 7.91. The molecule has 0 N–H and O–H groups in total. The van der Waals surface area contributed by atoms with Crippen LogP contribution < -0.4 is 0 Å². The van der Waals surface area contributed by atoms with Gasteiger partial charge in [-0.3, -0.25) is 9.48 Å². The summed E-state index contributed by atoms with van der Waals surface area (Å²) < 4.78 is 31.6. The molecule has 0 spiro atoms. The predicted molar refractivity (Wildman–Crippen MR) is 99.5 cm³/mol. The van der Waals surface area contributed by atoms with Crippen LogP contribution in [0.15, 0.2) is 6.07 Å². The smallest absolute Gasteiger partial charge is 0.274 e. The number of carbonyl (C=O) groups excluding carboxylic acids is 1. The normalized spacial score (nSPS) is 33.0. The Morgan fingerprint density at radius 1 is 1.15 bits per heavy atom. The van der Waals surface area contributed by atoms with E-state index in [0.717, 1.165) is 37.8 Å². The van der Waals surface area contributed by atoms with E-state index in [4.69, 9.17) is 4.74 Å². The van der Waals surface area contributed by atoms with Crippen molar-refractivity contribution in [3.8, 4) is 0 Å². The summed E-state index contributed by atoms with van der Waals surface area (Å²) >= 11 is 0. The largest absolute Gasteiger partial charge is 0.374 e. The van der Waals surface area contributed by atoms with Crippen LogP contribution >= 0.6 is 0 Å². The molecule has 148 valence electrons. The van der Waals surface area contributed by atoms with Gasteiger partial charge < -0.3 is 9.64 Å². The lowest BCUT2D eigenvalue weighted by Crippen LogP contribution is -2.54. The molecule has 0 bridgehead atoms. The van der Waals surface area contributed by atoms with E-state index in [1.165, 1.54) is 6.42 Å². The van der Waals surface area contributed by atoms with Crippen LogP contribution in [0.25, 0.3) is 0 Å². The van der Waals surface area contributed by atoms with Gasteiger partial charge in [0.15, 0.2) is 15.5 Å². The fourth-order valence-electron chi connectivity index (χ4n) is 4.95. The Morgan fingerprint density at radius 2 is 1.96 bits per heavy atom. The Labute approximate surface area is 160 Å². The molecule has 8 heteroatoms. The lowest BCUT2D eigenvalue weighted by atomic mass is 9.90. The second-order valence-electron chi connectivity index (χ2n) is 8.49. The third kappa shape index (κ3) is 3.31. The third-order valence-electron chi connectivity index (χ3n) is 6.53. The first-order valence-corrected chi connectivity index (χ1v) is 12.1. The molecule has 2 saturated heterocycles. The zero-order valence-corrected chi connectivity index (χ0v) is 16.4. The average molecular weight is 394 g/mol. The Balaban J connectivity index is 1.43. The van der Waals surface area contributed by atoms with Crippen LogP contribution in [-0.4, -0.2) is 65.8 Å². The van der Waals surface area contributed by atoms with Crippen LogP contribution in [0.5, 0.6) is 0 Å². The predicted octanol–water partition coefficient (Wildman–Crippen LogP) is 1.90. The van der Waals surface area contributed by atoms with E-state index in [1.54, 1.807) is 0 Å². The molecule has 2 saturated carbocycles. The number of carbonyl (C=O) groups is 1. The highest BCUT2D eigenvalue weighted by atomic mass is 32.2. The first-order chi connectivity index (χ1) is 13.0. The van der Waals surface area contributed by atoms with E-state index in [1.807, 2.05) is 15.6 Å². The first-order valence-electron chi connectivity index (χ1n) is 10.2. The van der Waals surface area contributed by atoms with Gasteiger partial charge in [0.05, 0.1) is 36.3 Å². The zero-order chi connectivity index (χ0) is 18.6. The molecule has 2 aliphatic carbocycles. The number of aromatic nitrogens is 2. The number of morpholine rings is 1. The number of rotatable bonds is 3. The van der Waals surface area contributed by atoms with Crippen LogP contribution in [0.1, 0.15) is 73.1 Å². The minimum atomic E-state index is -2.99. The number of nitrogens with zero attached hydrogens (tertiary/aromatic N) is 3. The summed E-state index contributed by atoms with van der Waals surface area (Å²) in [5.41, 5.74) is 1.53. The van der Waals surface area contributed by atoms with Gasteiger partial charge in [-0.15, -0.1) is 0 Å². The van der Waals surface area contributed by atoms with Crippen LogP contribution in [0.4, 0.5) is 0 Å². The molecular formula is C19H27N3O4S. The molecule has 5 rings (SSSR count). The van der Waals surface area contributed by atoms with Gasteiger partial charge in [-0.25, -0.2) is 8.42 Å². The van der Waals surface area contributed by atoms with Crippen molar-refractivity contribution >= 4 is 15.7 Å². The molecule has 1 amide bonds. The monoisotopic (exact) mass is 393 g/mol. The van der Waals surface area contributed by atoms with Crippen molar-refractivity contribution in [2.75, 3.05) is 24.7 Å². The van der Waals surface area contributed by atoms with Crippen molar-refractivity contribution in [3.05, 3.63) is 17.5 Å². The molecule has 0 radical (unpaired) electrons. The number of sulfone groups is 1. The number of hydrogen-bond donors (Lipinski definition) is 0. The Hall–Kier alpha value is -1.41. The maximum absolute atomic E-state index is 13.3. The van der Waals surface area contributed by atoms with Crippen molar-refractivity contribution in [2.45, 2.75) is 69.1 Å². The summed E-state index contributed by atoms with van der Waals surface area (Å²) in [6, 6.07) is 1.96. The second-order valence-corrected chi connectivity index (χ2v) is 10.7. The molecule has 3 unspecified atom stereocenters. The maximum Gasteiger partial charge on any atom is 0.274 e. The van der Waals surface area contributed by atoms with Crippen molar-refractivity contribution in [1.82, 2.24) is 14.7 Å². The molecule has 3 atom stereocenters. The summed E-state index contributed by atoms with van der Waals surface area (Å²) in [7, 11) is -2.99. The molecule has 1 aromatic rings. The molecular weight excluding hydrogens is 366 g/mol. The summed E-state index contributed by atoms with van der Waals surface area (Å²) in [4.78, 5) is 15.2. The Morgan fingerprint density at radius 3 is 2.70 bits per heavy atom. The lowest BCUT2D eigenvalue weighted by molar-refractivity contribution is -0.0754. The van der Waals surface area contributed by atoms with Crippen LogP contribution in [-0.2, 0) is 14.6 Å². The molecule has 4 fully saturated rings. The first kappa shape index (κ1) is 17.7. The Bertz CT molecular complexity index is 843. The summed E-state index contributed by atoms with van der Waals surface area (Å²) in [5.74, 6) is 0.772. The van der Waals surface area contributed by atoms with Crippen molar-refractivity contribution in [3.63, 3.8) is 0 Å². The quantitative estimate of drug-likeness (QED) is 0.783. The van der Waals surface area contributed by atoms with Crippen LogP contribution in [0, 0.1) is 0 Å². The van der Waals surface area contributed by atoms with E-state index in [2.05, 4.69) is 5.10 Å². The number of ether oxygens (including phenoxy) is 1. The summed E-state index contributed by atoms with van der Waals surface area (Å²) in [5, 5.41) is 4.65. The molecule has 27 heavy (non-hydrogen) atoms. The second kappa shape index (κ2) is 6.58. The van der Waals surface area contributed by atoms with Crippen molar-refractivity contribution < 1.29 is 17.9 Å². The van der Waals surface area contributed by atoms with Gasteiger partial charge in [0.2, 0.25) is 0 Å². The standard InChI is InChI=1S/C19H27N3O4S/c23-19(21-8-9-26-18-4-2-1-3-16(18)21)15-11-17(13-5-6-13)22(20-15)14-7-10-27(24,25)12-14/h11,13-14,16,18H,1-10,12H2. The zero-order valence-electron chi connectivity index (χ0n) is 15.5. The topological polar surface area (TPSA) is 81.5 Å². The van der Waals surface area contributed by atoms with Crippen LogP contribution in [0.3, 0.4) is 0 Å². The van der Waals surface area contributed by atoms with E-state index in [9.17, 15) is 13.2 Å². The van der Waals surface area contributed by atoms with Gasteiger partial charge in [-0.2, -0.15) is 5.10 Å². The SMILES string of the molecule is O=C(c1cc(C2CC2)n(C2CCS(=O)(=O)C2)n1)N1CCOC2CCCCC21. The van der Waals surface area contributed by atoms with E-state index in [0.29, 0.717) is 31.2 Å². The number of amides is 1. The minimum Gasteiger partial charge on any atom is -0.374 e. The number of hydrogen-bond acceptors (Lipinski definition) is 5. The summed E-state index contributed by atoms with van der Waals surface area (Å²) in [6.45, 7) is 1.20. The highest BCUT2D eigenvalue weighted by Gasteiger charge is 2.40. The number of fused-ring (bicyclic) bond motifs is 1.